The highest BCUT2D eigenvalue weighted by Crippen LogP contribution is 2.42. The molecular weight excluding hydrogens is 306 g/mol. The molecule has 1 aromatic rings. The molecule has 2 N–H and O–H groups in total. The van der Waals surface area contributed by atoms with Crippen LogP contribution in [-0.2, 0) is 9.59 Å². The Morgan fingerprint density at radius 1 is 1.21 bits per heavy atom. The van der Waals surface area contributed by atoms with Gasteiger partial charge in [-0.2, -0.15) is 0 Å². The minimum atomic E-state index is -0.824. The van der Waals surface area contributed by atoms with Crippen LogP contribution in [0.1, 0.15) is 57.4 Å². The lowest BCUT2D eigenvalue weighted by atomic mass is 9.69. The molecule has 0 heterocycles. The van der Waals surface area contributed by atoms with E-state index >= 15 is 0 Å². The third-order valence-electron chi connectivity index (χ3n) is 4.69. The first-order chi connectivity index (χ1) is 11.4. The molecule has 132 valence electrons. The van der Waals surface area contributed by atoms with E-state index in [9.17, 15) is 14.7 Å². The largest absolute Gasteiger partial charge is 0.492 e. The summed E-state index contributed by atoms with van der Waals surface area (Å²) < 4.78 is 5.59. The zero-order valence-corrected chi connectivity index (χ0v) is 14.6. The Hall–Kier alpha value is -2.04. The normalized spacial score (nSPS) is 16.4. The number of carboxylic acid groups (broad SMARTS) is 1. The number of hydrogen-bond acceptors (Lipinski definition) is 3. The van der Waals surface area contributed by atoms with Gasteiger partial charge in [0.05, 0.1) is 18.7 Å². The standard InChI is InChI=1S/C19H27NO4/c1-3-24-16-11-14(2)7-8-15(16)20-17(21)12-19(13-18(22)23)9-5-4-6-10-19/h7-8,11H,3-6,9-10,12-13H2,1-2H3,(H,20,21)(H,22,23). The van der Waals surface area contributed by atoms with Crippen molar-refractivity contribution in [2.75, 3.05) is 11.9 Å². The molecule has 1 aliphatic carbocycles. The van der Waals surface area contributed by atoms with Gasteiger partial charge in [0.1, 0.15) is 5.75 Å². The lowest BCUT2D eigenvalue weighted by Gasteiger charge is -2.35. The molecule has 0 spiro atoms. The van der Waals surface area contributed by atoms with Crippen molar-refractivity contribution >= 4 is 17.6 Å². The number of carbonyl (C=O) groups is 2. The first-order valence-corrected chi connectivity index (χ1v) is 8.69. The molecule has 1 fully saturated rings. The molecule has 1 saturated carbocycles. The molecule has 24 heavy (non-hydrogen) atoms. The molecule has 0 aromatic heterocycles. The van der Waals surface area contributed by atoms with Crippen LogP contribution in [0.25, 0.3) is 0 Å². The average molecular weight is 333 g/mol. The Morgan fingerprint density at radius 2 is 1.92 bits per heavy atom. The second-order valence-electron chi connectivity index (χ2n) is 6.79. The summed E-state index contributed by atoms with van der Waals surface area (Å²) in [5, 5.41) is 12.1. The number of aliphatic carboxylic acids is 1. The second kappa shape index (κ2) is 8.18. The summed E-state index contributed by atoms with van der Waals surface area (Å²) in [7, 11) is 0. The highest BCUT2D eigenvalue weighted by molar-refractivity contribution is 5.93. The molecule has 5 nitrogen and oxygen atoms in total. The van der Waals surface area contributed by atoms with E-state index in [1.165, 1.54) is 0 Å². The third-order valence-corrected chi connectivity index (χ3v) is 4.69. The summed E-state index contributed by atoms with van der Waals surface area (Å²) in [6, 6.07) is 5.65. The maximum atomic E-state index is 12.5. The molecule has 1 amide bonds. The Kier molecular flexibility index (Phi) is 6.23. The van der Waals surface area contributed by atoms with Crippen molar-refractivity contribution in [1.29, 1.82) is 0 Å². The quantitative estimate of drug-likeness (QED) is 0.786. The van der Waals surface area contributed by atoms with Gasteiger partial charge in [-0.05, 0) is 49.8 Å². The fraction of sp³-hybridized carbons (Fsp3) is 0.579. The number of anilines is 1. The predicted octanol–water partition coefficient (Wildman–Crippen LogP) is 4.15. The number of carbonyl (C=O) groups excluding carboxylic acids is 1. The van der Waals surface area contributed by atoms with Crippen LogP contribution in [0.4, 0.5) is 5.69 Å². The summed E-state index contributed by atoms with van der Waals surface area (Å²) in [5.41, 5.74) is 1.30. The number of hydrogen-bond donors (Lipinski definition) is 2. The van der Waals surface area contributed by atoms with E-state index in [4.69, 9.17) is 4.74 Å². The van der Waals surface area contributed by atoms with Gasteiger partial charge in [-0.25, -0.2) is 0 Å². The fourth-order valence-electron chi connectivity index (χ4n) is 3.58. The molecule has 2 rings (SSSR count). The van der Waals surface area contributed by atoms with E-state index in [0.29, 0.717) is 18.0 Å². The number of nitrogens with one attached hydrogen (secondary N) is 1. The Morgan fingerprint density at radius 3 is 2.54 bits per heavy atom. The Bertz CT molecular complexity index is 591. The van der Waals surface area contributed by atoms with Gasteiger partial charge < -0.3 is 15.2 Å². The molecule has 0 bridgehead atoms. The van der Waals surface area contributed by atoms with Crippen LogP contribution < -0.4 is 10.1 Å². The van der Waals surface area contributed by atoms with Crippen molar-refractivity contribution < 1.29 is 19.4 Å². The van der Waals surface area contributed by atoms with Crippen LogP contribution in [0, 0.1) is 12.3 Å². The molecule has 0 aliphatic heterocycles. The minimum Gasteiger partial charge on any atom is -0.492 e. The topological polar surface area (TPSA) is 75.6 Å². The SMILES string of the molecule is CCOc1cc(C)ccc1NC(=O)CC1(CC(=O)O)CCCCC1. The van der Waals surface area contributed by atoms with Gasteiger partial charge in [0.2, 0.25) is 5.91 Å². The lowest BCUT2D eigenvalue weighted by molar-refractivity contribution is -0.140. The second-order valence-corrected chi connectivity index (χ2v) is 6.79. The first kappa shape index (κ1) is 18.3. The maximum Gasteiger partial charge on any atom is 0.303 e. The van der Waals surface area contributed by atoms with Crippen LogP contribution in [0.5, 0.6) is 5.75 Å². The Labute approximate surface area is 143 Å². The van der Waals surface area contributed by atoms with Gasteiger partial charge in [0, 0.05) is 6.42 Å². The summed E-state index contributed by atoms with van der Waals surface area (Å²) >= 11 is 0. The average Bonchev–Trinajstić information content (AvgIpc) is 2.50. The number of aryl methyl sites for hydroxylation is 1. The van der Waals surface area contributed by atoms with Crippen LogP contribution >= 0.6 is 0 Å². The molecular formula is C19H27NO4. The van der Waals surface area contributed by atoms with Crippen molar-refractivity contribution in [3.05, 3.63) is 23.8 Å². The minimum absolute atomic E-state index is 0.0621. The molecule has 0 radical (unpaired) electrons. The Balaban J connectivity index is 2.09. The van der Waals surface area contributed by atoms with Crippen molar-refractivity contribution in [2.45, 2.75) is 58.8 Å². The lowest BCUT2D eigenvalue weighted by Crippen LogP contribution is -2.32. The monoisotopic (exact) mass is 333 g/mol. The van der Waals surface area contributed by atoms with Gasteiger partial charge in [-0.3, -0.25) is 9.59 Å². The van der Waals surface area contributed by atoms with Crippen molar-refractivity contribution in [3.8, 4) is 5.75 Å². The van der Waals surface area contributed by atoms with Gasteiger partial charge in [-0.15, -0.1) is 0 Å². The summed E-state index contributed by atoms with van der Waals surface area (Å²) in [5.74, 6) is -0.306. The van der Waals surface area contributed by atoms with Crippen LogP contribution in [-0.4, -0.2) is 23.6 Å². The van der Waals surface area contributed by atoms with E-state index in [1.807, 2.05) is 32.0 Å². The van der Waals surface area contributed by atoms with Gasteiger partial charge in [0.15, 0.2) is 0 Å². The molecule has 1 aromatic carbocycles. The summed E-state index contributed by atoms with van der Waals surface area (Å²) in [6.45, 7) is 4.39. The smallest absolute Gasteiger partial charge is 0.303 e. The summed E-state index contributed by atoms with van der Waals surface area (Å²) in [6.07, 6.45) is 5.03. The zero-order valence-electron chi connectivity index (χ0n) is 14.6. The fourth-order valence-corrected chi connectivity index (χ4v) is 3.58. The third kappa shape index (κ3) is 4.98. The highest BCUT2D eigenvalue weighted by atomic mass is 16.5. The van der Waals surface area contributed by atoms with E-state index in [2.05, 4.69) is 5.32 Å². The zero-order chi connectivity index (χ0) is 17.6. The van der Waals surface area contributed by atoms with Crippen molar-refractivity contribution in [3.63, 3.8) is 0 Å². The van der Waals surface area contributed by atoms with E-state index in [-0.39, 0.29) is 18.7 Å². The van der Waals surface area contributed by atoms with E-state index < -0.39 is 11.4 Å². The first-order valence-electron chi connectivity index (χ1n) is 8.69. The van der Waals surface area contributed by atoms with Crippen LogP contribution in [0.2, 0.25) is 0 Å². The number of amides is 1. The van der Waals surface area contributed by atoms with Gasteiger partial charge in [0.25, 0.3) is 0 Å². The van der Waals surface area contributed by atoms with Crippen LogP contribution in [0.3, 0.4) is 0 Å². The number of benzene rings is 1. The van der Waals surface area contributed by atoms with Crippen LogP contribution in [0.15, 0.2) is 18.2 Å². The van der Waals surface area contributed by atoms with Crippen molar-refractivity contribution in [1.82, 2.24) is 0 Å². The van der Waals surface area contributed by atoms with Gasteiger partial charge >= 0.3 is 5.97 Å². The van der Waals surface area contributed by atoms with E-state index in [1.54, 1.807) is 0 Å². The molecule has 0 atom stereocenters. The van der Waals surface area contributed by atoms with Crippen molar-refractivity contribution in [2.24, 2.45) is 5.41 Å². The number of ether oxygens (including phenoxy) is 1. The predicted molar refractivity (Wildman–Crippen MR) is 93.4 cm³/mol. The van der Waals surface area contributed by atoms with E-state index in [0.717, 1.165) is 37.7 Å². The summed E-state index contributed by atoms with van der Waals surface area (Å²) in [4.78, 5) is 23.8. The molecule has 1 aliphatic rings. The molecule has 0 unspecified atom stereocenters. The molecule has 0 saturated heterocycles. The van der Waals surface area contributed by atoms with Gasteiger partial charge in [-0.1, -0.05) is 25.3 Å². The highest BCUT2D eigenvalue weighted by Gasteiger charge is 2.36. The molecule has 5 heteroatoms. The maximum absolute atomic E-state index is 12.5. The number of rotatable bonds is 7. The number of carboxylic acids is 1.